The van der Waals surface area contributed by atoms with Crippen molar-refractivity contribution in [3.05, 3.63) is 66.0 Å². The number of benzene rings is 2. The third-order valence-corrected chi connectivity index (χ3v) is 6.26. The van der Waals surface area contributed by atoms with E-state index in [4.69, 9.17) is 0 Å². The number of hydrogen-bond donors (Lipinski definition) is 1. The molecule has 0 saturated heterocycles. The van der Waals surface area contributed by atoms with Gasteiger partial charge in [-0.3, -0.25) is 0 Å². The predicted molar refractivity (Wildman–Crippen MR) is 77.1 cm³/mol. The normalized spacial score (nSPS) is 24.8. The molecule has 0 heterocycles. The van der Waals surface area contributed by atoms with Gasteiger partial charge in [0.1, 0.15) is 5.82 Å². The van der Waals surface area contributed by atoms with E-state index in [0.29, 0.717) is 5.56 Å². The zero-order valence-electron chi connectivity index (χ0n) is 11.2. The second-order valence-corrected chi connectivity index (χ2v) is 7.36. The fourth-order valence-corrected chi connectivity index (χ4v) is 5.12. The molecule has 0 bridgehead atoms. The van der Waals surface area contributed by atoms with Gasteiger partial charge in [-0.1, -0.05) is 30.3 Å². The first kappa shape index (κ1) is 14.2. The second kappa shape index (κ2) is 5.24. The molecule has 0 radical (unpaired) electrons. The van der Waals surface area contributed by atoms with E-state index in [2.05, 4.69) is 0 Å². The van der Waals surface area contributed by atoms with Crippen LogP contribution >= 0.6 is 0 Å². The molecule has 21 heavy (non-hydrogen) atoms. The molecule has 1 aliphatic rings. The van der Waals surface area contributed by atoms with E-state index < -0.39 is 20.9 Å². The van der Waals surface area contributed by atoms with Crippen LogP contribution in [0.25, 0.3) is 0 Å². The number of hydrogen-bond acceptors (Lipinski definition) is 3. The van der Waals surface area contributed by atoms with Crippen molar-refractivity contribution in [3.63, 3.8) is 0 Å². The average molecular weight is 306 g/mol. The number of aliphatic hydroxyl groups is 1. The molecule has 1 N–H and O–H groups in total. The number of aliphatic hydroxyl groups excluding tert-OH is 1. The van der Waals surface area contributed by atoms with Crippen LogP contribution < -0.4 is 0 Å². The van der Waals surface area contributed by atoms with Gasteiger partial charge in [0.15, 0.2) is 9.84 Å². The lowest BCUT2D eigenvalue weighted by molar-refractivity contribution is 0.274. The van der Waals surface area contributed by atoms with Gasteiger partial charge < -0.3 is 5.11 Å². The highest BCUT2D eigenvalue weighted by molar-refractivity contribution is 7.92. The van der Waals surface area contributed by atoms with E-state index in [1.165, 1.54) is 12.1 Å². The van der Waals surface area contributed by atoms with Crippen molar-refractivity contribution in [2.75, 3.05) is 6.61 Å². The van der Waals surface area contributed by atoms with Crippen molar-refractivity contribution < 1.29 is 17.9 Å². The average Bonchev–Trinajstić information content (AvgIpc) is 3.23. The van der Waals surface area contributed by atoms with E-state index >= 15 is 0 Å². The molecule has 0 aliphatic heterocycles. The fraction of sp³-hybridized carbons (Fsp3) is 0.250. The maximum atomic E-state index is 13.3. The highest BCUT2D eigenvalue weighted by Crippen LogP contribution is 2.53. The minimum atomic E-state index is -3.52. The molecule has 0 spiro atoms. The van der Waals surface area contributed by atoms with Gasteiger partial charge in [0.05, 0.1) is 10.1 Å². The highest BCUT2D eigenvalue weighted by atomic mass is 32.2. The van der Waals surface area contributed by atoms with Gasteiger partial charge in [-0.25, -0.2) is 12.8 Å². The zero-order chi connectivity index (χ0) is 15.0. The van der Waals surface area contributed by atoms with Crippen molar-refractivity contribution in [2.45, 2.75) is 16.1 Å². The molecule has 0 amide bonds. The molecule has 1 aliphatic carbocycles. The summed E-state index contributed by atoms with van der Waals surface area (Å²) in [6, 6.07) is 14.1. The fourth-order valence-electron chi connectivity index (χ4n) is 2.90. The Balaban J connectivity index is 1.96. The largest absolute Gasteiger partial charge is 0.396 e. The molecule has 3 rings (SSSR count). The van der Waals surface area contributed by atoms with Crippen molar-refractivity contribution in [2.24, 2.45) is 5.92 Å². The van der Waals surface area contributed by atoms with E-state index in [0.717, 1.165) is 0 Å². The Morgan fingerprint density at radius 1 is 1.05 bits per heavy atom. The van der Waals surface area contributed by atoms with E-state index in [1.54, 1.807) is 42.5 Å². The third-order valence-electron chi connectivity index (χ3n) is 3.97. The molecule has 5 heteroatoms. The third kappa shape index (κ3) is 2.47. The summed E-state index contributed by atoms with van der Waals surface area (Å²) in [4.78, 5) is 0.243. The Bertz CT molecular complexity index is 743. The smallest absolute Gasteiger partial charge is 0.182 e. The van der Waals surface area contributed by atoms with Crippen molar-refractivity contribution in [1.82, 2.24) is 0 Å². The first-order valence-electron chi connectivity index (χ1n) is 6.71. The molecule has 1 fully saturated rings. The Morgan fingerprint density at radius 3 is 2.38 bits per heavy atom. The lowest BCUT2D eigenvalue weighted by Crippen LogP contribution is -2.11. The molecule has 0 aromatic heterocycles. The molecule has 2 aromatic rings. The Kier molecular flexibility index (Phi) is 3.55. The molecule has 3 atom stereocenters. The maximum absolute atomic E-state index is 13.3. The Hall–Kier alpha value is -1.72. The molecule has 0 unspecified atom stereocenters. The summed E-state index contributed by atoms with van der Waals surface area (Å²) in [5.41, 5.74) is 0.624. The van der Waals surface area contributed by atoms with Crippen LogP contribution in [-0.4, -0.2) is 25.4 Å². The number of sulfone groups is 1. The molecular formula is C16H15FO3S. The second-order valence-electron chi connectivity index (χ2n) is 5.25. The summed E-state index contributed by atoms with van der Waals surface area (Å²) >= 11 is 0. The standard InChI is InChI=1S/C16H15FO3S/c17-12-6-4-5-11(9-12)15-14(10-18)16(15)21(19,20)13-7-2-1-3-8-13/h1-9,14-16,18H,10H2/t14-,15+,16+/m0/s1. The predicted octanol–water partition coefficient (Wildman–Crippen LogP) is 2.37. The molecular weight excluding hydrogens is 291 g/mol. The minimum absolute atomic E-state index is 0.224. The SMILES string of the molecule is O=S(=O)(c1ccccc1)[C@@H]1[C@@H](CO)[C@H]1c1cccc(F)c1. The van der Waals surface area contributed by atoms with Crippen LogP contribution in [0.4, 0.5) is 4.39 Å². The first-order valence-corrected chi connectivity index (χ1v) is 8.25. The summed E-state index contributed by atoms with van der Waals surface area (Å²) in [6.07, 6.45) is 0. The van der Waals surface area contributed by atoms with Crippen LogP contribution in [0, 0.1) is 11.7 Å². The summed E-state index contributed by atoms with van der Waals surface area (Å²) in [5.74, 6) is -1.13. The van der Waals surface area contributed by atoms with Crippen molar-refractivity contribution >= 4 is 9.84 Å². The lowest BCUT2D eigenvalue weighted by atomic mass is 10.1. The maximum Gasteiger partial charge on any atom is 0.182 e. The van der Waals surface area contributed by atoms with Gasteiger partial charge in [0.2, 0.25) is 0 Å². The van der Waals surface area contributed by atoms with Gasteiger partial charge in [-0.15, -0.1) is 0 Å². The van der Waals surface area contributed by atoms with E-state index in [1.807, 2.05) is 0 Å². The van der Waals surface area contributed by atoms with Crippen LogP contribution in [-0.2, 0) is 9.84 Å². The number of rotatable bonds is 4. The first-order chi connectivity index (χ1) is 10.1. The van der Waals surface area contributed by atoms with E-state index in [-0.39, 0.29) is 23.3 Å². The topological polar surface area (TPSA) is 54.4 Å². The highest BCUT2D eigenvalue weighted by Gasteiger charge is 2.58. The van der Waals surface area contributed by atoms with Crippen LogP contribution in [0.1, 0.15) is 11.5 Å². The minimum Gasteiger partial charge on any atom is -0.396 e. The zero-order valence-corrected chi connectivity index (χ0v) is 12.0. The molecule has 1 saturated carbocycles. The van der Waals surface area contributed by atoms with Crippen molar-refractivity contribution in [1.29, 1.82) is 0 Å². The molecule has 110 valence electrons. The van der Waals surface area contributed by atoms with Crippen LogP contribution in [0.5, 0.6) is 0 Å². The summed E-state index contributed by atoms with van der Waals surface area (Å²) in [6.45, 7) is -0.224. The van der Waals surface area contributed by atoms with Crippen LogP contribution in [0.15, 0.2) is 59.5 Å². The van der Waals surface area contributed by atoms with Crippen molar-refractivity contribution in [3.8, 4) is 0 Å². The quantitative estimate of drug-likeness (QED) is 0.943. The van der Waals surface area contributed by atoms with E-state index in [9.17, 15) is 17.9 Å². The van der Waals surface area contributed by atoms with Crippen LogP contribution in [0.2, 0.25) is 0 Å². The van der Waals surface area contributed by atoms with Gasteiger partial charge in [-0.2, -0.15) is 0 Å². The van der Waals surface area contributed by atoms with Gasteiger partial charge >= 0.3 is 0 Å². The monoisotopic (exact) mass is 306 g/mol. The van der Waals surface area contributed by atoms with Gasteiger partial charge in [0, 0.05) is 18.4 Å². The summed E-state index contributed by atoms with van der Waals surface area (Å²) in [5, 5.41) is 8.74. The van der Waals surface area contributed by atoms with Gasteiger partial charge in [0.25, 0.3) is 0 Å². The Labute approximate surface area is 123 Å². The molecule has 3 nitrogen and oxygen atoms in total. The molecule has 2 aromatic carbocycles. The lowest BCUT2D eigenvalue weighted by Gasteiger charge is -2.04. The number of halogens is 1. The summed E-state index contributed by atoms with van der Waals surface area (Å²) < 4.78 is 38.6. The summed E-state index contributed by atoms with van der Waals surface area (Å²) in [7, 11) is -3.52. The van der Waals surface area contributed by atoms with Crippen LogP contribution in [0.3, 0.4) is 0 Å². The Morgan fingerprint density at radius 2 is 1.76 bits per heavy atom. The van der Waals surface area contributed by atoms with Gasteiger partial charge in [-0.05, 0) is 29.8 Å².